The predicted octanol–water partition coefficient (Wildman–Crippen LogP) is 14.7. The summed E-state index contributed by atoms with van der Waals surface area (Å²) in [6.07, 6.45) is 0. The highest BCUT2D eigenvalue weighted by atomic mass is 15.1. The van der Waals surface area contributed by atoms with E-state index in [2.05, 4.69) is 238 Å². The smallest absolute Gasteiger partial charge is 0.0641 e. The van der Waals surface area contributed by atoms with Crippen LogP contribution in [0.2, 0.25) is 0 Å². The van der Waals surface area contributed by atoms with E-state index in [9.17, 15) is 0 Å². The van der Waals surface area contributed by atoms with Crippen LogP contribution in [0.4, 0.5) is 17.1 Å². The molecule has 0 radical (unpaired) electrons. The fourth-order valence-corrected chi connectivity index (χ4v) is 8.70. The van der Waals surface area contributed by atoms with Crippen LogP contribution in [0.5, 0.6) is 0 Å². The number of anilines is 3. The molecule has 11 rings (SSSR count). The van der Waals surface area contributed by atoms with Crippen molar-refractivity contribution in [2.24, 2.45) is 0 Å². The van der Waals surface area contributed by atoms with E-state index in [-0.39, 0.29) is 0 Å². The van der Waals surface area contributed by atoms with Crippen LogP contribution in [0.1, 0.15) is 0 Å². The zero-order valence-corrected chi connectivity index (χ0v) is 31.2. The van der Waals surface area contributed by atoms with Crippen molar-refractivity contribution in [3.8, 4) is 33.6 Å². The fraction of sp³-hybridized carbons (Fsp3) is 0. The number of aromatic nitrogens is 2. The Morgan fingerprint density at radius 1 is 0.263 bits per heavy atom. The lowest BCUT2D eigenvalue weighted by Crippen LogP contribution is -2.10. The summed E-state index contributed by atoms with van der Waals surface area (Å²) >= 11 is 0. The first-order valence-corrected chi connectivity index (χ1v) is 19.5. The normalized spacial score (nSPS) is 11.5. The number of hydrogen-bond acceptors (Lipinski definition) is 1. The molecule has 57 heavy (non-hydrogen) atoms. The third-order valence-corrected chi connectivity index (χ3v) is 11.3. The fourth-order valence-electron chi connectivity index (χ4n) is 8.70. The van der Waals surface area contributed by atoms with Gasteiger partial charge >= 0.3 is 0 Å². The van der Waals surface area contributed by atoms with Crippen LogP contribution >= 0.6 is 0 Å². The van der Waals surface area contributed by atoms with Crippen molar-refractivity contribution in [1.29, 1.82) is 0 Å². The second-order valence-electron chi connectivity index (χ2n) is 14.6. The zero-order valence-electron chi connectivity index (χ0n) is 31.2. The molecular formula is C54H37N3. The van der Waals surface area contributed by atoms with E-state index in [1.807, 2.05) is 0 Å². The lowest BCUT2D eigenvalue weighted by Gasteiger charge is -2.26. The molecule has 3 nitrogen and oxygen atoms in total. The molecule has 0 aliphatic rings. The molecular weight excluding hydrogens is 691 g/mol. The minimum atomic E-state index is 1.09. The SMILES string of the molecule is c1ccc(-c2ccc(-c3ccc(N(c4ccccc4)c4ccc(-n5c6ccccc6c6ccc7c(c8ccccc8n7-c7ccccc7)c65)cc4)cc3)cc2)cc1. The minimum Gasteiger partial charge on any atom is -0.311 e. The van der Waals surface area contributed by atoms with Crippen molar-refractivity contribution in [2.45, 2.75) is 0 Å². The Labute approximate surface area is 331 Å². The topological polar surface area (TPSA) is 13.1 Å². The number of fused-ring (bicyclic) bond motifs is 7. The average molecular weight is 728 g/mol. The van der Waals surface area contributed by atoms with E-state index in [0.717, 1.165) is 28.4 Å². The highest BCUT2D eigenvalue weighted by molar-refractivity contribution is 6.26. The quantitative estimate of drug-likeness (QED) is 0.159. The van der Waals surface area contributed by atoms with Gasteiger partial charge < -0.3 is 14.0 Å². The van der Waals surface area contributed by atoms with Crippen molar-refractivity contribution in [3.63, 3.8) is 0 Å². The highest BCUT2D eigenvalue weighted by Crippen LogP contribution is 2.43. The molecule has 268 valence electrons. The summed E-state index contributed by atoms with van der Waals surface area (Å²) in [4.78, 5) is 2.34. The van der Waals surface area contributed by atoms with Crippen LogP contribution < -0.4 is 4.90 Å². The third-order valence-electron chi connectivity index (χ3n) is 11.3. The Hall–Kier alpha value is -7.62. The first-order chi connectivity index (χ1) is 28.3. The van der Waals surface area contributed by atoms with Crippen molar-refractivity contribution < 1.29 is 0 Å². The van der Waals surface area contributed by atoms with Crippen LogP contribution in [0.15, 0.2) is 224 Å². The van der Waals surface area contributed by atoms with Crippen LogP contribution in [0, 0.1) is 0 Å². The summed E-state index contributed by atoms with van der Waals surface area (Å²) in [5, 5.41) is 5.00. The molecule has 2 heterocycles. The van der Waals surface area contributed by atoms with Gasteiger partial charge in [-0.25, -0.2) is 0 Å². The summed E-state index contributed by atoms with van der Waals surface area (Å²) in [7, 11) is 0. The van der Waals surface area contributed by atoms with Crippen LogP contribution in [0.25, 0.3) is 77.2 Å². The molecule has 0 amide bonds. The molecule has 0 saturated carbocycles. The number of hydrogen-bond donors (Lipinski definition) is 0. The molecule has 2 aromatic heterocycles. The van der Waals surface area contributed by atoms with E-state index < -0.39 is 0 Å². The van der Waals surface area contributed by atoms with Crippen molar-refractivity contribution >= 4 is 60.7 Å². The van der Waals surface area contributed by atoms with Gasteiger partial charge in [0.25, 0.3) is 0 Å². The molecule has 0 fully saturated rings. The van der Waals surface area contributed by atoms with Gasteiger partial charge in [-0.3, -0.25) is 0 Å². The standard InChI is InChI=1S/C54H37N3/c1-4-14-38(15-5-1)39-24-26-40(27-25-39)41-28-30-44(31-29-41)55(42-16-6-2-7-17-42)45-32-34-46(35-33-45)57-50-22-12-10-20-47(50)48-36-37-52-53(54(48)57)49-21-11-13-23-51(49)56(52)43-18-8-3-9-19-43/h1-37H. The molecule has 0 atom stereocenters. The molecule has 0 aliphatic heterocycles. The summed E-state index contributed by atoms with van der Waals surface area (Å²) < 4.78 is 4.86. The second kappa shape index (κ2) is 13.6. The van der Waals surface area contributed by atoms with Crippen LogP contribution in [-0.2, 0) is 0 Å². The van der Waals surface area contributed by atoms with Gasteiger partial charge in [0, 0.05) is 50.0 Å². The van der Waals surface area contributed by atoms with Crippen LogP contribution in [-0.4, -0.2) is 9.13 Å². The van der Waals surface area contributed by atoms with E-state index in [4.69, 9.17) is 0 Å². The molecule has 0 saturated heterocycles. The summed E-state index contributed by atoms with van der Waals surface area (Å²) in [6.45, 7) is 0. The Bertz CT molecular complexity index is 3180. The van der Waals surface area contributed by atoms with E-state index in [0.29, 0.717) is 0 Å². The molecule has 11 aromatic rings. The monoisotopic (exact) mass is 727 g/mol. The van der Waals surface area contributed by atoms with Crippen molar-refractivity contribution in [1.82, 2.24) is 9.13 Å². The van der Waals surface area contributed by atoms with Gasteiger partial charge in [-0.05, 0) is 101 Å². The number of rotatable bonds is 7. The van der Waals surface area contributed by atoms with Gasteiger partial charge in [-0.15, -0.1) is 0 Å². The highest BCUT2D eigenvalue weighted by Gasteiger charge is 2.21. The Morgan fingerprint density at radius 2 is 0.702 bits per heavy atom. The molecule has 0 spiro atoms. The van der Waals surface area contributed by atoms with Gasteiger partial charge in [0.05, 0.1) is 22.1 Å². The average Bonchev–Trinajstić information content (AvgIpc) is 3.81. The lowest BCUT2D eigenvalue weighted by atomic mass is 10.00. The van der Waals surface area contributed by atoms with Gasteiger partial charge in [0.15, 0.2) is 0 Å². The Kier molecular flexibility index (Phi) is 7.82. The van der Waals surface area contributed by atoms with Crippen molar-refractivity contribution in [2.75, 3.05) is 4.90 Å². The van der Waals surface area contributed by atoms with Gasteiger partial charge in [-0.2, -0.15) is 0 Å². The minimum absolute atomic E-state index is 1.09. The molecule has 3 heteroatoms. The second-order valence-corrected chi connectivity index (χ2v) is 14.6. The first kappa shape index (κ1) is 32.8. The Morgan fingerprint density at radius 3 is 1.33 bits per heavy atom. The van der Waals surface area contributed by atoms with Crippen molar-refractivity contribution in [3.05, 3.63) is 224 Å². The van der Waals surface area contributed by atoms with Crippen LogP contribution in [0.3, 0.4) is 0 Å². The third kappa shape index (κ3) is 5.51. The maximum atomic E-state index is 2.46. The largest absolute Gasteiger partial charge is 0.311 e. The molecule has 9 aromatic carbocycles. The van der Waals surface area contributed by atoms with Gasteiger partial charge in [-0.1, -0.05) is 146 Å². The molecule has 0 N–H and O–H groups in total. The number of para-hydroxylation sites is 4. The molecule has 0 bridgehead atoms. The molecule has 0 unspecified atom stereocenters. The summed E-state index contributed by atoms with van der Waals surface area (Å²) in [5.41, 5.74) is 15.2. The van der Waals surface area contributed by atoms with Gasteiger partial charge in [0.2, 0.25) is 0 Å². The van der Waals surface area contributed by atoms with E-state index in [1.54, 1.807) is 0 Å². The van der Waals surface area contributed by atoms with E-state index in [1.165, 1.54) is 65.9 Å². The zero-order chi connectivity index (χ0) is 37.7. The Balaban J connectivity index is 1.03. The summed E-state index contributed by atoms with van der Waals surface area (Å²) in [5.74, 6) is 0. The lowest BCUT2D eigenvalue weighted by molar-refractivity contribution is 1.17. The predicted molar refractivity (Wildman–Crippen MR) is 241 cm³/mol. The first-order valence-electron chi connectivity index (χ1n) is 19.5. The molecule has 0 aliphatic carbocycles. The maximum absolute atomic E-state index is 2.46. The van der Waals surface area contributed by atoms with Gasteiger partial charge in [0.1, 0.15) is 0 Å². The maximum Gasteiger partial charge on any atom is 0.0641 e. The number of nitrogens with zero attached hydrogens (tertiary/aromatic N) is 3. The number of benzene rings is 9. The summed E-state index contributed by atoms with van der Waals surface area (Å²) in [6, 6.07) is 80.9. The van der Waals surface area contributed by atoms with E-state index >= 15 is 0 Å².